The zero-order valence-electron chi connectivity index (χ0n) is 10.5. The highest BCUT2D eigenvalue weighted by Gasteiger charge is 2.18. The zero-order valence-corrected chi connectivity index (χ0v) is 12.9. The topological polar surface area (TPSA) is 33.6 Å². The maximum atomic E-state index is 14.2. The lowest BCUT2D eigenvalue weighted by atomic mass is 10.2. The Morgan fingerprint density at radius 3 is 2.33 bits per heavy atom. The van der Waals surface area contributed by atoms with Crippen LogP contribution in [-0.4, -0.2) is 14.8 Å². The first-order valence-corrected chi connectivity index (χ1v) is 7.16. The third-order valence-corrected chi connectivity index (χ3v) is 3.64. The van der Waals surface area contributed by atoms with Crippen LogP contribution < -0.4 is 0 Å². The molecule has 0 saturated carbocycles. The van der Waals surface area contributed by atoms with Crippen LogP contribution in [0.5, 0.6) is 0 Å². The average molecular weight is 368 g/mol. The molecule has 3 nitrogen and oxygen atoms in total. The summed E-state index contributed by atoms with van der Waals surface area (Å²) >= 11 is 8.16. The maximum absolute atomic E-state index is 14.2. The molecule has 21 heavy (non-hydrogen) atoms. The van der Waals surface area contributed by atoms with Gasteiger partial charge in [-0.3, -0.25) is 9.67 Å². The SMILES string of the molecule is Fc1cc(Br)cc(F)c1-n1c(-c2ccccc2)n[nH]c1=S. The van der Waals surface area contributed by atoms with Crippen molar-refractivity contribution in [1.29, 1.82) is 0 Å². The van der Waals surface area contributed by atoms with Crippen LogP contribution in [0.25, 0.3) is 17.1 Å². The van der Waals surface area contributed by atoms with E-state index < -0.39 is 11.6 Å². The molecule has 0 aliphatic heterocycles. The van der Waals surface area contributed by atoms with Crippen LogP contribution in [0.4, 0.5) is 8.78 Å². The Bertz CT molecular complexity index is 835. The summed E-state index contributed by atoms with van der Waals surface area (Å²) in [5, 5.41) is 6.64. The first-order valence-electron chi connectivity index (χ1n) is 5.95. The molecule has 1 aromatic heterocycles. The molecule has 2 aromatic carbocycles. The van der Waals surface area contributed by atoms with Gasteiger partial charge >= 0.3 is 0 Å². The van der Waals surface area contributed by atoms with Crippen molar-refractivity contribution in [2.45, 2.75) is 0 Å². The molecule has 0 aliphatic carbocycles. The second kappa shape index (κ2) is 5.50. The smallest absolute Gasteiger partial charge is 0.200 e. The highest BCUT2D eigenvalue weighted by molar-refractivity contribution is 9.10. The molecule has 3 aromatic rings. The lowest BCUT2D eigenvalue weighted by Crippen LogP contribution is -2.04. The molecule has 106 valence electrons. The van der Waals surface area contributed by atoms with Gasteiger partial charge in [0, 0.05) is 10.0 Å². The largest absolute Gasteiger partial charge is 0.262 e. The van der Waals surface area contributed by atoms with Crippen molar-refractivity contribution < 1.29 is 8.78 Å². The Morgan fingerprint density at radius 1 is 1.10 bits per heavy atom. The van der Waals surface area contributed by atoms with Gasteiger partial charge in [0.1, 0.15) is 5.69 Å². The highest BCUT2D eigenvalue weighted by atomic mass is 79.9. The molecule has 0 atom stereocenters. The van der Waals surface area contributed by atoms with Crippen LogP contribution in [0.3, 0.4) is 0 Å². The van der Waals surface area contributed by atoms with E-state index >= 15 is 0 Å². The number of hydrogen-bond acceptors (Lipinski definition) is 2. The quantitative estimate of drug-likeness (QED) is 0.669. The van der Waals surface area contributed by atoms with Gasteiger partial charge in [0.25, 0.3) is 0 Å². The van der Waals surface area contributed by atoms with Gasteiger partial charge in [0.05, 0.1) is 0 Å². The summed E-state index contributed by atoms with van der Waals surface area (Å²) in [4.78, 5) is 0. The summed E-state index contributed by atoms with van der Waals surface area (Å²) in [7, 11) is 0. The minimum absolute atomic E-state index is 0.119. The Kier molecular flexibility index (Phi) is 3.69. The molecule has 0 aliphatic rings. The van der Waals surface area contributed by atoms with E-state index in [2.05, 4.69) is 26.1 Å². The molecule has 1 N–H and O–H groups in total. The number of halogens is 3. The van der Waals surface area contributed by atoms with Crippen molar-refractivity contribution in [1.82, 2.24) is 14.8 Å². The van der Waals surface area contributed by atoms with E-state index in [1.165, 1.54) is 16.7 Å². The third-order valence-electron chi connectivity index (χ3n) is 2.91. The van der Waals surface area contributed by atoms with Gasteiger partial charge in [-0.25, -0.2) is 8.78 Å². The van der Waals surface area contributed by atoms with Crippen LogP contribution in [-0.2, 0) is 0 Å². The van der Waals surface area contributed by atoms with Crippen LogP contribution in [0.15, 0.2) is 46.9 Å². The van der Waals surface area contributed by atoms with Crippen molar-refractivity contribution in [3.05, 3.63) is 63.3 Å². The first-order chi connectivity index (χ1) is 10.1. The summed E-state index contributed by atoms with van der Waals surface area (Å²) in [6.45, 7) is 0. The van der Waals surface area contributed by atoms with Crippen molar-refractivity contribution in [2.75, 3.05) is 0 Å². The lowest BCUT2D eigenvalue weighted by Gasteiger charge is -2.09. The van der Waals surface area contributed by atoms with Crippen molar-refractivity contribution in [3.63, 3.8) is 0 Å². The second-order valence-electron chi connectivity index (χ2n) is 4.27. The fourth-order valence-corrected chi connectivity index (χ4v) is 2.66. The molecule has 0 spiro atoms. The van der Waals surface area contributed by atoms with E-state index in [0.29, 0.717) is 15.9 Å². The van der Waals surface area contributed by atoms with Crippen LogP contribution in [0, 0.1) is 16.4 Å². The second-order valence-corrected chi connectivity index (χ2v) is 5.57. The van der Waals surface area contributed by atoms with Gasteiger partial charge in [-0.15, -0.1) is 0 Å². The van der Waals surface area contributed by atoms with Crippen molar-refractivity contribution >= 4 is 28.1 Å². The molecule has 0 radical (unpaired) electrons. The number of rotatable bonds is 2. The molecule has 0 unspecified atom stereocenters. The normalized spacial score (nSPS) is 10.8. The van der Waals surface area contributed by atoms with E-state index in [0.717, 1.165) is 0 Å². The van der Waals surface area contributed by atoms with E-state index in [1.54, 1.807) is 12.1 Å². The Morgan fingerprint density at radius 2 is 1.71 bits per heavy atom. The summed E-state index contributed by atoms with van der Waals surface area (Å²) in [5.41, 5.74) is 0.447. The molecule has 3 rings (SSSR count). The van der Waals surface area contributed by atoms with Crippen molar-refractivity contribution in [2.24, 2.45) is 0 Å². The average Bonchev–Trinajstić information content (AvgIpc) is 2.81. The number of hydrogen-bond donors (Lipinski definition) is 1. The fraction of sp³-hybridized carbons (Fsp3) is 0. The van der Waals surface area contributed by atoms with Gasteiger partial charge in [-0.1, -0.05) is 46.3 Å². The van der Waals surface area contributed by atoms with Crippen LogP contribution in [0.2, 0.25) is 0 Å². The molecular weight excluding hydrogens is 360 g/mol. The summed E-state index contributed by atoms with van der Waals surface area (Å²) in [6, 6.07) is 11.4. The Balaban J connectivity index is 2.30. The monoisotopic (exact) mass is 367 g/mol. The summed E-state index contributed by atoms with van der Waals surface area (Å²) in [6.07, 6.45) is 0. The molecule has 0 fully saturated rings. The third kappa shape index (κ3) is 2.54. The fourth-order valence-electron chi connectivity index (χ4n) is 2.03. The predicted molar refractivity (Wildman–Crippen MR) is 81.8 cm³/mol. The zero-order chi connectivity index (χ0) is 15.0. The minimum atomic E-state index is -0.725. The molecule has 1 heterocycles. The van der Waals surface area contributed by atoms with Gasteiger partial charge in [0.15, 0.2) is 22.2 Å². The van der Waals surface area contributed by atoms with Crippen LogP contribution >= 0.6 is 28.1 Å². The number of H-pyrrole nitrogens is 1. The minimum Gasteiger partial charge on any atom is -0.262 e. The van der Waals surface area contributed by atoms with E-state index in [-0.39, 0.29) is 10.5 Å². The number of nitrogens with zero attached hydrogens (tertiary/aromatic N) is 2. The summed E-state index contributed by atoms with van der Waals surface area (Å²) < 4.78 is 30.0. The predicted octanol–water partition coefficient (Wildman–Crippen LogP) is 4.64. The molecule has 0 amide bonds. The molecule has 0 bridgehead atoms. The molecular formula is C14H8BrF2N3S. The molecule has 0 saturated heterocycles. The number of benzene rings is 2. The van der Waals surface area contributed by atoms with E-state index in [4.69, 9.17) is 12.2 Å². The molecule has 7 heteroatoms. The van der Waals surface area contributed by atoms with Gasteiger partial charge in [-0.2, -0.15) is 5.10 Å². The van der Waals surface area contributed by atoms with E-state index in [9.17, 15) is 8.78 Å². The number of aromatic amines is 1. The van der Waals surface area contributed by atoms with Gasteiger partial charge in [-0.05, 0) is 24.4 Å². The van der Waals surface area contributed by atoms with Crippen molar-refractivity contribution in [3.8, 4) is 17.1 Å². The standard InChI is InChI=1S/C14H8BrF2N3S/c15-9-6-10(16)12(11(17)7-9)20-13(18-19-14(20)21)8-4-2-1-3-5-8/h1-7H,(H,19,21). The Hall–Kier alpha value is -1.86. The number of aromatic nitrogens is 3. The van der Waals surface area contributed by atoms with Gasteiger partial charge < -0.3 is 0 Å². The lowest BCUT2D eigenvalue weighted by molar-refractivity contribution is 0.567. The Labute approximate surface area is 132 Å². The van der Waals surface area contributed by atoms with E-state index in [1.807, 2.05) is 18.2 Å². The van der Waals surface area contributed by atoms with Crippen LogP contribution in [0.1, 0.15) is 0 Å². The maximum Gasteiger partial charge on any atom is 0.200 e. The first kappa shape index (κ1) is 14.1. The number of nitrogens with one attached hydrogen (secondary N) is 1. The highest BCUT2D eigenvalue weighted by Crippen LogP contribution is 2.27. The van der Waals surface area contributed by atoms with Gasteiger partial charge in [0.2, 0.25) is 0 Å². The summed E-state index contributed by atoms with van der Waals surface area (Å²) in [5.74, 6) is -1.10.